The van der Waals surface area contributed by atoms with Crippen molar-refractivity contribution in [3.8, 4) is 11.5 Å². The van der Waals surface area contributed by atoms with Crippen molar-refractivity contribution < 1.29 is 14.3 Å². The Bertz CT molecular complexity index is 962. The van der Waals surface area contributed by atoms with E-state index in [4.69, 9.17) is 26.1 Å². The second-order valence-corrected chi connectivity index (χ2v) is 8.11. The van der Waals surface area contributed by atoms with Gasteiger partial charge in [0.05, 0.1) is 24.4 Å². The summed E-state index contributed by atoms with van der Waals surface area (Å²) in [5.74, 6) is 1.15. The van der Waals surface area contributed by atoms with Crippen molar-refractivity contribution in [2.24, 2.45) is 0 Å². The third-order valence-corrected chi connectivity index (χ3v) is 6.28. The molecule has 0 saturated heterocycles. The molecule has 1 amide bonds. The van der Waals surface area contributed by atoms with Crippen molar-refractivity contribution in [2.75, 3.05) is 45.3 Å². The van der Waals surface area contributed by atoms with Gasteiger partial charge in [0.15, 0.2) is 16.6 Å². The number of thiazole rings is 1. The van der Waals surface area contributed by atoms with Crippen LogP contribution < -0.4 is 14.4 Å². The number of carbonyl (C=O) groups is 1. The van der Waals surface area contributed by atoms with E-state index in [0.29, 0.717) is 33.8 Å². The topological polar surface area (TPSA) is 54.9 Å². The molecule has 2 aromatic carbocycles. The van der Waals surface area contributed by atoms with Gasteiger partial charge in [-0.25, -0.2) is 4.98 Å². The summed E-state index contributed by atoms with van der Waals surface area (Å²) in [4.78, 5) is 22.1. The van der Waals surface area contributed by atoms with E-state index < -0.39 is 0 Å². The standard InChI is InChI=1S/C22H26ClN3O3S/c1-5-25(6-2)11-12-26(21(27)15-7-9-16(23)10-8-15)22-24-17-13-18(28-3)19(29-4)14-20(17)30-22/h7-10,13-14H,5-6,11-12H2,1-4H3. The highest BCUT2D eigenvalue weighted by atomic mass is 35.5. The van der Waals surface area contributed by atoms with E-state index in [0.717, 1.165) is 29.9 Å². The minimum absolute atomic E-state index is 0.100. The lowest BCUT2D eigenvalue weighted by atomic mass is 10.2. The molecule has 0 aliphatic heterocycles. The number of hydrogen-bond donors (Lipinski definition) is 0. The number of ether oxygens (including phenoxy) is 2. The van der Waals surface area contributed by atoms with Gasteiger partial charge in [0.2, 0.25) is 0 Å². The molecule has 0 N–H and O–H groups in total. The fourth-order valence-electron chi connectivity index (χ4n) is 3.17. The number of likely N-dealkylation sites (N-methyl/N-ethyl adjacent to an activating group) is 1. The average molecular weight is 448 g/mol. The van der Waals surface area contributed by atoms with Crippen molar-refractivity contribution in [3.63, 3.8) is 0 Å². The Kier molecular flexibility index (Phi) is 7.53. The number of nitrogens with zero attached hydrogens (tertiary/aromatic N) is 3. The van der Waals surface area contributed by atoms with Crippen LogP contribution in [0.3, 0.4) is 0 Å². The maximum Gasteiger partial charge on any atom is 0.260 e. The van der Waals surface area contributed by atoms with E-state index in [2.05, 4.69) is 18.7 Å². The van der Waals surface area contributed by atoms with Crippen molar-refractivity contribution >= 4 is 44.2 Å². The highest BCUT2D eigenvalue weighted by molar-refractivity contribution is 7.22. The van der Waals surface area contributed by atoms with E-state index in [9.17, 15) is 4.79 Å². The van der Waals surface area contributed by atoms with Gasteiger partial charge in [-0.1, -0.05) is 36.8 Å². The van der Waals surface area contributed by atoms with Gasteiger partial charge in [0, 0.05) is 35.8 Å². The maximum atomic E-state index is 13.4. The van der Waals surface area contributed by atoms with Gasteiger partial charge in [-0.05, 0) is 37.4 Å². The molecule has 1 aromatic heterocycles. The van der Waals surface area contributed by atoms with Crippen LogP contribution in [0.15, 0.2) is 36.4 Å². The Hall–Kier alpha value is -2.35. The van der Waals surface area contributed by atoms with Crippen molar-refractivity contribution in [1.82, 2.24) is 9.88 Å². The molecule has 30 heavy (non-hydrogen) atoms. The molecule has 6 nitrogen and oxygen atoms in total. The molecule has 0 bridgehead atoms. The lowest BCUT2D eigenvalue weighted by molar-refractivity contribution is 0.0984. The number of halogens is 1. The van der Waals surface area contributed by atoms with Crippen molar-refractivity contribution in [2.45, 2.75) is 13.8 Å². The number of amides is 1. The first-order valence-corrected chi connectivity index (χ1v) is 11.0. The van der Waals surface area contributed by atoms with Crippen LogP contribution in [0.1, 0.15) is 24.2 Å². The predicted octanol–water partition coefficient (Wildman–Crippen LogP) is 4.96. The number of benzene rings is 2. The summed E-state index contributed by atoms with van der Waals surface area (Å²) in [5.41, 5.74) is 1.35. The van der Waals surface area contributed by atoms with Crippen LogP contribution in [0.5, 0.6) is 11.5 Å². The van der Waals surface area contributed by atoms with Crippen LogP contribution in [0, 0.1) is 0 Å². The summed E-state index contributed by atoms with van der Waals surface area (Å²) in [6, 6.07) is 10.7. The number of rotatable bonds is 9. The average Bonchev–Trinajstić information content (AvgIpc) is 3.18. The molecular weight excluding hydrogens is 422 g/mol. The Morgan fingerprint density at radius 1 is 1.03 bits per heavy atom. The predicted molar refractivity (Wildman–Crippen MR) is 124 cm³/mol. The van der Waals surface area contributed by atoms with Crippen LogP contribution in [-0.4, -0.2) is 56.2 Å². The number of fused-ring (bicyclic) bond motifs is 1. The normalized spacial score (nSPS) is 11.1. The molecule has 0 saturated carbocycles. The van der Waals surface area contributed by atoms with Gasteiger partial charge >= 0.3 is 0 Å². The van der Waals surface area contributed by atoms with Gasteiger partial charge in [0.25, 0.3) is 5.91 Å². The maximum absolute atomic E-state index is 13.4. The fourth-order valence-corrected chi connectivity index (χ4v) is 4.30. The zero-order valence-electron chi connectivity index (χ0n) is 17.6. The van der Waals surface area contributed by atoms with Crippen LogP contribution in [0.25, 0.3) is 10.2 Å². The molecule has 0 unspecified atom stereocenters. The lowest BCUT2D eigenvalue weighted by Gasteiger charge is -2.24. The quantitative estimate of drug-likeness (QED) is 0.464. The second-order valence-electron chi connectivity index (χ2n) is 6.66. The molecule has 3 aromatic rings. The van der Waals surface area contributed by atoms with Gasteiger partial charge in [-0.2, -0.15) is 0 Å². The zero-order chi connectivity index (χ0) is 21.7. The minimum atomic E-state index is -0.100. The molecule has 0 aliphatic rings. The molecule has 0 fully saturated rings. The second kappa shape index (κ2) is 10.1. The van der Waals surface area contributed by atoms with E-state index in [1.807, 2.05) is 12.1 Å². The third-order valence-electron chi connectivity index (χ3n) is 4.98. The summed E-state index contributed by atoms with van der Waals surface area (Å²) < 4.78 is 11.7. The first kappa shape index (κ1) is 22.3. The number of methoxy groups -OCH3 is 2. The number of hydrogen-bond acceptors (Lipinski definition) is 6. The van der Waals surface area contributed by atoms with E-state index in [1.54, 1.807) is 43.4 Å². The van der Waals surface area contributed by atoms with E-state index in [1.165, 1.54) is 11.3 Å². The summed E-state index contributed by atoms with van der Waals surface area (Å²) in [6.45, 7) is 7.38. The zero-order valence-corrected chi connectivity index (χ0v) is 19.2. The van der Waals surface area contributed by atoms with Gasteiger partial charge in [-0.15, -0.1) is 0 Å². The Balaban J connectivity index is 1.99. The van der Waals surface area contributed by atoms with Gasteiger partial charge in [0.1, 0.15) is 0 Å². The Morgan fingerprint density at radius 3 is 2.27 bits per heavy atom. The molecule has 8 heteroatoms. The minimum Gasteiger partial charge on any atom is -0.493 e. The molecule has 1 heterocycles. The molecule has 3 rings (SSSR count). The summed E-state index contributed by atoms with van der Waals surface area (Å²) >= 11 is 7.46. The molecule has 0 atom stereocenters. The number of anilines is 1. The Morgan fingerprint density at radius 2 is 1.67 bits per heavy atom. The monoisotopic (exact) mass is 447 g/mol. The largest absolute Gasteiger partial charge is 0.493 e. The molecule has 0 spiro atoms. The lowest BCUT2D eigenvalue weighted by Crippen LogP contribution is -2.38. The number of aromatic nitrogens is 1. The van der Waals surface area contributed by atoms with Crippen LogP contribution >= 0.6 is 22.9 Å². The third kappa shape index (κ3) is 4.86. The van der Waals surface area contributed by atoms with Gasteiger partial charge < -0.3 is 14.4 Å². The first-order valence-electron chi connectivity index (χ1n) is 9.83. The fraction of sp³-hybridized carbons (Fsp3) is 0.364. The van der Waals surface area contributed by atoms with Crippen LogP contribution in [0.4, 0.5) is 5.13 Å². The smallest absolute Gasteiger partial charge is 0.260 e. The highest BCUT2D eigenvalue weighted by Crippen LogP contribution is 2.37. The first-order chi connectivity index (χ1) is 14.5. The highest BCUT2D eigenvalue weighted by Gasteiger charge is 2.22. The summed E-state index contributed by atoms with van der Waals surface area (Å²) in [6.07, 6.45) is 0. The molecule has 0 aliphatic carbocycles. The van der Waals surface area contributed by atoms with Crippen molar-refractivity contribution in [1.29, 1.82) is 0 Å². The van der Waals surface area contributed by atoms with E-state index in [-0.39, 0.29) is 5.91 Å². The van der Waals surface area contributed by atoms with Crippen molar-refractivity contribution in [3.05, 3.63) is 47.0 Å². The van der Waals surface area contributed by atoms with Gasteiger partial charge in [-0.3, -0.25) is 9.69 Å². The molecule has 160 valence electrons. The van der Waals surface area contributed by atoms with Crippen LogP contribution in [0.2, 0.25) is 5.02 Å². The Labute approximate surface area is 186 Å². The molecule has 0 radical (unpaired) electrons. The molecular formula is C22H26ClN3O3S. The van der Waals surface area contributed by atoms with E-state index >= 15 is 0 Å². The van der Waals surface area contributed by atoms with Crippen LogP contribution in [-0.2, 0) is 0 Å². The summed E-state index contributed by atoms with van der Waals surface area (Å²) in [7, 11) is 3.20. The number of carbonyl (C=O) groups excluding carboxylic acids is 1. The SMILES string of the molecule is CCN(CC)CCN(C(=O)c1ccc(Cl)cc1)c1nc2cc(OC)c(OC)cc2s1. The summed E-state index contributed by atoms with van der Waals surface area (Å²) in [5, 5.41) is 1.24.